The number of anilines is 6. The van der Waals surface area contributed by atoms with Crippen molar-refractivity contribution in [3.05, 3.63) is 394 Å². The van der Waals surface area contributed by atoms with E-state index in [9.17, 15) is 0 Å². The van der Waals surface area contributed by atoms with Crippen molar-refractivity contribution < 1.29 is 43.9 Å². The minimum atomic E-state index is -2.26. The highest BCUT2D eigenvalue weighted by Crippen LogP contribution is 2.60. The highest BCUT2D eigenvalue weighted by Gasteiger charge is 2.52. The van der Waals surface area contributed by atoms with E-state index in [2.05, 4.69) is 13.2 Å². The lowest BCUT2D eigenvalue weighted by Crippen LogP contribution is -2.34. The fraction of sp³-hybridized carbons (Fsp3) is 0.0455. The molecule has 2 nitrogen and oxygen atoms in total. The number of fused-ring (bicyclic) bond motifs is 8. The number of benzene rings is 14. The van der Waals surface area contributed by atoms with E-state index in [0.29, 0.717) is 78.4 Å². The zero-order chi connectivity index (χ0) is 68.9. The fourth-order valence-corrected chi connectivity index (χ4v) is 15.5. The zero-order valence-electron chi connectivity index (χ0n) is 53.1. The molecule has 100 heavy (non-hydrogen) atoms. The van der Waals surface area contributed by atoms with Crippen LogP contribution in [0.4, 0.5) is 78.0 Å². The molecule has 486 valence electrons. The molecule has 12 heteroatoms. The van der Waals surface area contributed by atoms with Crippen LogP contribution in [-0.2, 0) is 23.7 Å². The summed E-state index contributed by atoms with van der Waals surface area (Å²) >= 11 is 0. The van der Waals surface area contributed by atoms with Crippen molar-refractivity contribution in [3.8, 4) is 33.4 Å². The standard InChI is InChI=1S/C88H54F10N2/c1-3-51-27-31-53(32-28-51)49-87(75-77(89)81(93)85(97)82(94)78(75)90)69-23-11-9-21-65(69)67-45-43-61(47-71(67)87)99(73-25-13-17-57-15-5-7-19-63(57)73)59-39-35-55(36-40-59)56-37-41-60(42-38-56)100(74-26-14-18-58-16-6-8-20-64(58)74)62-44-46-68-66-22-10-12-24-70(66)88(72(68)48-62,50-54-33-29-52(4-2)30-34-54)76-79(91)83(95)86(98)84(96)80(76)92/h3-48H,1-2,49-50H2. The van der Waals surface area contributed by atoms with E-state index in [1.54, 1.807) is 121 Å². The van der Waals surface area contributed by atoms with Gasteiger partial charge in [0.1, 0.15) is 0 Å². The van der Waals surface area contributed by atoms with Crippen LogP contribution in [0, 0.1) is 58.2 Å². The molecule has 2 unspecified atom stereocenters. The summed E-state index contributed by atoms with van der Waals surface area (Å²) in [6.45, 7) is 7.73. The van der Waals surface area contributed by atoms with Gasteiger partial charge in [-0.15, -0.1) is 0 Å². The fourth-order valence-electron chi connectivity index (χ4n) is 15.5. The van der Waals surface area contributed by atoms with Crippen LogP contribution >= 0.6 is 0 Å². The third-order valence-electron chi connectivity index (χ3n) is 20.0. The summed E-state index contributed by atoms with van der Waals surface area (Å²) in [7, 11) is 0. The lowest BCUT2D eigenvalue weighted by atomic mass is 9.68. The van der Waals surface area contributed by atoms with Gasteiger partial charge in [-0.1, -0.05) is 232 Å². The first kappa shape index (κ1) is 62.8. The summed E-state index contributed by atoms with van der Waals surface area (Å²) in [6, 6.07) is 82.1. The van der Waals surface area contributed by atoms with Crippen LogP contribution in [-0.4, -0.2) is 0 Å². The van der Waals surface area contributed by atoms with Crippen molar-refractivity contribution >= 4 is 67.8 Å². The van der Waals surface area contributed by atoms with Crippen molar-refractivity contribution in [3.63, 3.8) is 0 Å². The molecule has 2 aliphatic carbocycles. The molecule has 0 fully saturated rings. The van der Waals surface area contributed by atoms with Gasteiger partial charge in [-0.3, -0.25) is 0 Å². The minimum absolute atomic E-state index is 0.197. The monoisotopic (exact) mass is 1330 g/mol. The number of rotatable bonds is 15. The molecule has 2 atom stereocenters. The summed E-state index contributed by atoms with van der Waals surface area (Å²) in [5, 5.41) is 3.53. The van der Waals surface area contributed by atoms with Gasteiger partial charge in [0.25, 0.3) is 0 Å². The Balaban J connectivity index is 0.837. The molecule has 0 bridgehead atoms. The van der Waals surface area contributed by atoms with Crippen molar-refractivity contribution in [2.45, 2.75) is 23.7 Å². The first-order valence-corrected chi connectivity index (χ1v) is 32.3. The minimum Gasteiger partial charge on any atom is -0.310 e. The highest BCUT2D eigenvalue weighted by molar-refractivity contribution is 6.02. The predicted molar refractivity (Wildman–Crippen MR) is 380 cm³/mol. The largest absolute Gasteiger partial charge is 0.310 e. The van der Waals surface area contributed by atoms with Gasteiger partial charge in [-0.2, -0.15) is 0 Å². The maximum atomic E-state index is 17.0. The van der Waals surface area contributed by atoms with Crippen LogP contribution in [0.25, 0.3) is 67.1 Å². The van der Waals surface area contributed by atoms with Gasteiger partial charge < -0.3 is 9.80 Å². The molecule has 14 aromatic rings. The molecule has 16 rings (SSSR count). The van der Waals surface area contributed by atoms with Crippen LogP contribution in [0.1, 0.15) is 55.6 Å². The van der Waals surface area contributed by atoms with Crippen LogP contribution < -0.4 is 9.80 Å². The topological polar surface area (TPSA) is 6.48 Å². The average Bonchev–Trinajstić information content (AvgIpc) is 1.52. The molecule has 0 heterocycles. The van der Waals surface area contributed by atoms with Gasteiger partial charge in [-0.25, -0.2) is 43.9 Å². The molecule has 14 aromatic carbocycles. The van der Waals surface area contributed by atoms with Crippen molar-refractivity contribution in [2.24, 2.45) is 0 Å². The second-order valence-corrected chi connectivity index (χ2v) is 25.3. The van der Waals surface area contributed by atoms with Crippen LogP contribution in [0.15, 0.2) is 280 Å². The summed E-state index contributed by atoms with van der Waals surface area (Å²) in [5.41, 5.74) is 5.76. The first-order chi connectivity index (χ1) is 48.6. The third kappa shape index (κ3) is 9.78. The zero-order valence-corrected chi connectivity index (χ0v) is 53.1. The normalized spacial score (nSPS) is 14.9. The van der Waals surface area contributed by atoms with Crippen LogP contribution in [0.2, 0.25) is 0 Å². The highest BCUT2D eigenvalue weighted by atomic mass is 19.2. The van der Waals surface area contributed by atoms with Gasteiger partial charge >= 0.3 is 0 Å². The number of halogens is 10. The van der Waals surface area contributed by atoms with Gasteiger partial charge in [0, 0.05) is 44.6 Å². The van der Waals surface area contributed by atoms with E-state index in [1.165, 1.54) is 0 Å². The van der Waals surface area contributed by atoms with E-state index in [0.717, 1.165) is 55.2 Å². The van der Waals surface area contributed by atoms with Crippen molar-refractivity contribution in [1.82, 2.24) is 0 Å². The lowest BCUT2D eigenvalue weighted by molar-refractivity contribution is 0.357. The molecule has 0 saturated heterocycles. The molecule has 0 N–H and O–H groups in total. The second kappa shape index (κ2) is 24.5. The van der Waals surface area contributed by atoms with Gasteiger partial charge in [0.15, 0.2) is 46.5 Å². The molecule has 0 aromatic heterocycles. The smallest absolute Gasteiger partial charge is 0.200 e. The summed E-state index contributed by atoms with van der Waals surface area (Å²) in [6.07, 6.45) is 2.89. The Labute approximate surface area is 569 Å². The van der Waals surface area contributed by atoms with E-state index in [1.807, 2.05) is 168 Å². The van der Waals surface area contributed by atoms with Crippen LogP contribution in [0.3, 0.4) is 0 Å². The van der Waals surface area contributed by atoms with Crippen molar-refractivity contribution in [1.29, 1.82) is 0 Å². The molecular weight excluding hydrogens is 1270 g/mol. The average molecular weight is 1330 g/mol. The number of hydrogen-bond acceptors (Lipinski definition) is 2. The van der Waals surface area contributed by atoms with E-state index < -0.39 is 80.1 Å². The predicted octanol–water partition coefficient (Wildman–Crippen LogP) is 24.4. The Kier molecular flexibility index (Phi) is 15.4. The molecule has 0 saturated carbocycles. The second-order valence-electron chi connectivity index (χ2n) is 25.3. The van der Waals surface area contributed by atoms with E-state index in [-0.39, 0.29) is 12.8 Å². The molecular formula is C88H54F10N2. The quantitative estimate of drug-likeness (QED) is 0.0573. The first-order valence-electron chi connectivity index (χ1n) is 32.3. The number of nitrogens with zero attached hydrogens (tertiary/aromatic N) is 2. The van der Waals surface area contributed by atoms with E-state index in [4.69, 9.17) is 0 Å². The Bertz CT molecular complexity index is 5250. The Morgan fingerprint density at radius 3 is 0.960 bits per heavy atom. The molecule has 0 radical (unpaired) electrons. The Morgan fingerprint density at radius 1 is 0.280 bits per heavy atom. The molecule has 0 spiro atoms. The maximum Gasteiger partial charge on any atom is 0.200 e. The van der Waals surface area contributed by atoms with Crippen molar-refractivity contribution in [2.75, 3.05) is 9.80 Å². The van der Waals surface area contributed by atoms with Crippen LogP contribution in [0.5, 0.6) is 0 Å². The summed E-state index contributed by atoms with van der Waals surface area (Å²) < 4.78 is 162. The summed E-state index contributed by atoms with van der Waals surface area (Å²) in [5.74, 6) is -20.5. The lowest BCUT2D eigenvalue weighted by Gasteiger charge is -2.35. The Morgan fingerprint density at radius 2 is 0.590 bits per heavy atom. The van der Waals surface area contributed by atoms with Gasteiger partial charge in [0.05, 0.1) is 22.2 Å². The molecule has 0 aliphatic heterocycles. The third-order valence-corrected chi connectivity index (χ3v) is 20.0. The summed E-state index contributed by atoms with van der Waals surface area (Å²) in [4.78, 5) is 4.02. The molecule has 0 amide bonds. The van der Waals surface area contributed by atoms with Gasteiger partial charge in [0.2, 0.25) is 11.6 Å². The van der Waals surface area contributed by atoms with Gasteiger partial charge in [-0.05, 0) is 162 Å². The molecule has 2 aliphatic rings. The Hall–Kier alpha value is -12.0. The van der Waals surface area contributed by atoms with E-state index >= 15 is 43.9 Å². The maximum absolute atomic E-state index is 17.0. The number of hydrogen-bond donors (Lipinski definition) is 0. The SMILES string of the molecule is C=Cc1ccc(CC2(c3c(F)c(F)c(F)c(F)c3F)c3ccccc3-c3ccc(N(c4ccc(-c5ccc(N(c6ccc7c(c6)C(Cc6ccc(C=C)cc6)(c6c(F)c(F)c(F)c(F)c6F)c6ccccc6-7)c6cccc7ccccc67)cc5)cc4)c4cccc5ccccc45)cc32)cc1.